The second-order valence-electron chi connectivity index (χ2n) is 8.76. The van der Waals surface area contributed by atoms with Gasteiger partial charge in [0.15, 0.2) is 11.5 Å². The number of nitrogens with zero attached hydrogens (tertiary/aromatic N) is 2. The topological polar surface area (TPSA) is 85.4 Å². The first-order chi connectivity index (χ1) is 17.8. The average Bonchev–Trinajstić information content (AvgIpc) is 3.39. The molecule has 0 spiro atoms. The maximum atomic E-state index is 13.7. The molecule has 8 nitrogen and oxygen atoms in total. The fourth-order valence-corrected chi connectivity index (χ4v) is 6.66. The van der Waals surface area contributed by atoms with Crippen LogP contribution in [0, 0.1) is 6.92 Å². The molecule has 198 valence electrons. The van der Waals surface area contributed by atoms with Crippen molar-refractivity contribution < 1.29 is 27.4 Å². The zero-order chi connectivity index (χ0) is 26.4. The van der Waals surface area contributed by atoms with Gasteiger partial charge in [-0.2, -0.15) is 4.31 Å². The van der Waals surface area contributed by atoms with E-state index >= 15 is 0 Å². The largest absolute Gasteiger partial charge is 0.493 e. The number of sulfonamides is 1. The third-order valence-corrected chi connectivity index (χ3v) is 9.25. The van der Waals surface area contributed by atoms with E-state index < -0.39 is 10.0 Å². The molecule has 3 aromatic rings. The average molecular weight is 545 g/mol. The van der Waals surface area contributed by atoms with E-state index in [0.717, 1.165) is 11.1 Å². The molecule has 1 aliphatic heterocycles. The zero-order valence-corrected chi connectivity index (χ0v) is 22.9. The molecule has 0 bridgehead atoms. The van der Waals surface area contributed by atoms with Gasteiger partial charge in [0.25, 0.3) is 0 Å². The van der Waals surface area contributed by atoms with Gasteiger partial charge in [-0.05, 0) is 54.6 Å². The highest BCUT2D eigenvalue weighted by atomic mass is 32.2. The SMILES string of the molecule is COCCN(CC(=O)N1CCc2sccc2C1COc1ccccc1OC)S(=O)(=O)c1ccc(C)cc1. The fourth-order valence-electron chi connectivity index (χ4n) is 4.36. The van der Waals surface area contributed by atoms with E-state index in [-0.39, 0.29) is 43.1 Å². The summed E-state index contributed by atoms with van der Waals surface area (Å²) in [5.41, 5.74) is 1.99. The summed E-state index contributed by atoms with van der Waals surface area (Å²) in [4.78, 5) is 16.8. The molecule has 10 heteroatoms. The highest BCUT2D eigenvalue weighted by molar-refractivity contribution is 7.89. The van der Waals surface area contributed by atoms with Gasteiger partial charge in [-0.15, -0.1) is 11.3 Å². The minimum absolute atomic E-state index is 0.0678. The molecule has 0 N–H and O–H groups in total. The van der Waals surface area contributed by atoms with Crippen LogP contribution in [0.25, 0.3) is 0 Å². The minimum atomic E-state index is -3.90. The van der Waals surface area contributed by atoms with Crippen LogP contribution in [0.15, 0.2) is 64.9 Å². The number of carbonyl (C=O) groups is 1. The number of hydrogen-bond acceptors (Lipinski definition) is 7. The highest BCUT2D eigenvalue weighted by Gasteiger charge is 2.35. The van der Waals surface area contributed by atoms with Crippen LogP contribution in [0.4, 0.5) is 0 Å². The summed E-state index contributed by atoms with van der Waals surface area (Å²) in [5.74, 6) is 0.914. The Kier molecular flexibility index (Phi) is 8.86. The van der Waals surface area contributed by atoms with Crippen molar-refractivity contribution >= 4 is 27.3 Å². The molecule has 1 amide bonds. The van der Waals surface area contributed by atoms with Gasteiger partial charge < -0.3 is 19.1 Å². The van der Waals surface area contributed by atoms with Crippen LogP contribution in [-0.2, 0) is 26.0 Å². The van der Waals surface area contributed by atoms with E-state index in [9.17, 15) is 13.2 Å². The monoisotopic (exact) mass is 544 g/mol. The second kappa shape index (κ2) is 12.1. The molecule has 1 aliphatic rings. The molecule has 0 aliphatic carbocycles. The molecule has 2 aromatic carbocycles. The number of ether oxygens (including phenoxy) is 3. The first-order valence-corrected chi connectivity index (χ1v) is 14.3. The molecule has 0 saturated carbocycles. The fraction of sp³-hybridized carbons (Fsp3) is 0.370. The number of hydrogen-bond donors (Lipinski definition) is 0. The Morgan fingerprint density at radius 3 is 2.51 bits per heavy atom. The van der Waals surface area contributed by atoms with Gasteiger partial charge in [0, 0.05) is 25.1 Å². The van der Waals surface area contributed by atoms with Crippen molar-refractivity contribution in [2.24, 2.45) is 0 Å². The van der Waals surface area contributed by atoms with Crippen LogP contribution in [0.1, 0.15) is 22.0 Å². The van der Waals surface area contributed by atoms with Crippen molar-refractivity contribution in [2.75, 3.05) is 47.1 Å². The van der Waals surface area contributed by atoms with Crippen molar-refractivity contribution in [2.45, 2.75) is 24.3 Å². The predicted molar refractivity (Wildman–Crippen MR) is 143 cm³/mol. The number of aryl methyl sites for hydroxylation is 1. The van der Waals surface area contributed by atoms with E-state index in [1.165, 1.54) is 16.3 Å². The number of rotatable bonds is 11. The molecule has 2 heterocycles. The van der Waals surface area contributed by atoms with E-state index in [1.54, 1.807) is 47.6 Å². The normalized spacial score (nSPS) is 15.5. The quantitative estimate of drug-likeness (QED) is 0.364. The Bertz CT molecular complexity index is 1310. The number of methoxy groups -OCH3 is 2. The molecule has 1 aromatic heterocycles. The third-order valence-electron chi connectivity index (χ3n) is 6.40. The number of para-hydroxylation sites is 2. The van der Waals surface area contributed by atoms with Gasteiger partial charge in [-0.25, -0.2) is 8.42 Å². The van der Waals surface area contributed by atoms with Gasteiger partial charge in [0.1, 0.15) is 6.61 Å². The Morgan fingerprint density at radius 2 is 1.81 bits per heavy atom. The molecule has 0 fully saturated rings. The van der Waals surface area contributed by atoms with Crippen molar-refractivity contribution in [3.63, 3.8) is 0 Å². The smallest absolute Gasteiger partial charge is 0.243 e. The van der Waals surface area contributed by atoms with Crippen LogP contribution in [0.5, 0.6) is 11.5 Å². The summed E-state index contributed by atoms with van der Waals surface area (Å²) >= 11 is 1.66. The molecule has 0 saturated heterocycles. The van der Waals surface area contributed by atoms with Crippen molar-refractivity contribution in [1.29, 1.82) is 0 Å². The van der Waals surface area contributed by atoms with E-state index in [2.05, 4.69) is 0 Å². The summed E-state index contributed by atoms with van der Waals surface area (Å²) in [7, 11) is -0.807. The highest BCUT2D eigenvalue weighted by Crippen LogP contribution is 2.35. The standard InChI is InChI=1S/C27H32N2O6S2/c1-20-8-10-21(11-9-20)37(31,32)28(15-16-33-2)18-27(30)29-14-12-26-22(13-17-36-26)23(29)19-35-25-7-5-4-6-24(25)34-3/h4-11,13,17,23H,12,14-16,18-19H2,1-3H3. The summed E-state index contributed by atoms with van der Waals surface area (Å²) < 4.78 is 44.8. The molecule has 4 rings (SSSR count). The number of fused-ring (bicyclic) bond motifs is 1. The molecule has 37 heavy (non-hydrogen) atoms. The van der Waals surface area contributed by atoms with E-state index in [4.69, 9.17) is 14.2 Å². The predicted octanol–water partition coefficient (Wildman–Crippen LogP) is 3.91. The first-order valence-electron chi connectivity index (χ1n) is 12.0. The Morgan fingerprint density at radius 1 is 1.08 bits per heavy atom. The maximum Gasteiger partial charge on any atom is 0.243 e. The Balaban J connectivity index is 1.57. The van der Waals surface area contributed by atoms with Crippen molar-refractivity contribution in [1.82, 2.24) is 9.21 Å². The molecular weight excluding hydrogens is 512 g/mol. The van der Waals surface area contributed by atoms with E-state index in [0.29, 0.717) is 24.5 Å². The third kappa shape index (κ3) is 6.15. The lowest BCUT2D eigenvalue weighted by atomic mass is 10.0. The summed E-state index contributed by atoms with van der Waals surface area (Å²) in [6, 6.07) is 15.7. The number of carbonyl (C=O) groups excluding carboxylic acids is 1. The molecule has 0 radical (unpaired) electrons. The Hall–Kier alpha value is -2.92. The maximum absolute atomic E-state index is 13.7. The number of amides is 1. The van der Waals surface area contributed by atoms with Crippen molar-refractivity contribution in [3.05, 3.63) is 76.0 Å². The minimum Gasteiger partial charge on any atom is -0.493 e. The van der Waals surface area contributed by atoms with Crippen LogP contribution >= 0.6 is 11.3 Å². The van der Waals surface area contributed by atoms with Crippen molar-refractivity contribution in [3.8, 4) is 11.5 Å². The van der Waals surface area contributed by atoms with Gasteiger partial charge in [-0.1, -0.05) is 29.8 Å². The van der Waals surface area contributed by atoms with Gasteiger partial charge >= 0.3 is 0 Å². The zero-order valence-electron chi connectivity index (χ0n) is 21.3. The summed E-state index contributed by atoms with van der Waals surface area (Å²) in [5, 5.41) is 2.02. The lowest BCUT2D eigenvalue weighted by molar-refractivity contribution is -0.135. The van der Waals surface area contributed by atoms with Gasteiger partial charge in [0.05, 0.1) is 31.2 Å². The molecular formula is C27H32N2O6S2. The lowest BCUT2D eigenvalue weighted by Crippen LogP contribution is -2.48. The molecule has 1 atom stereocenters. The Labute approximate surface area is 222 Å². The van der Waals surface area contributed by atoms with Crippen LogP contribution in [0.3, 0.4) is 0 Å². The number of benzene rings is 2. The van der Waals surface area contributed by atoms with Crippen LogP contribution in [0.2, 0.25) is 0 Å². The summed E-state index contributed by atoms with van der Waals surface area (Å²) in [6.45, 7) is 2.55. The van der Waals surface area contributed by atoms with Crippen LogP contribution in [-0.4, -0.2) is 70.6 Å². The molecule has 1 unspecified atom stereocenters. The number of thiophene rings is 1. The van der Waals surface area contributed by atoms with E-state index in [1.807, 2.05) is 42.6 Å². The van der Waals surface area contributed by atoms with Gasteiger partial charge in [-0.3, -0.25) is 4.79 Å². The van der Waals surface area contributed by atoms with Gasteiger partial charge in [0.2, 0.25) is 15.9 Å². The van der Waals surface area contributed by atoms with Crippen LogP contribution < -0.4 is 9.47 Å². The first kappa shape index (κ1) is 27.1. The lowest BCUT2D eigenvalue weighted by Gasteiger charge is -2.37. The second-order valence-corrected chi connectivity index (χ2v) is 11.7. The summed E-state index contributed by atoms with van der Waals surface area (Å²) in [6.07, 6.45) is 0.715.